The van der Waals surface area contributed by atoms with E-state index in [0.717, 1.165) is 0 Å². The predicted octanol–water partition coefficient (Wildman–Crippen LogP) is 5.11. The smallest absolute Gasteiger partial charge is 0.162 e. The van der Waals surface area contributed by atoms with Crippen molar-refractivity contribution in [3.8, 4) is 17.6 Å². The number of hydrogen-bond acceptors (Lipinski definition) is 3. The maximum absolute atomic E-state index is 8.86. The molecule has 0 N–H and O–H groups in total. The van der Waals surface area contributed by atoms with Crippen molar-refractivity contribution < 1.29 is 9.47 Å². The van der Waals surface area contributed by atoms with Crippen molar-refractivity contribution in [1.29, 1.82) is 5.26 Å². The zero-order valence-corrected chi connectivity index (χ0v) is 13.3. The maximum Gasteiger partial charge on any atom is 0.162 e. The van der Waals surface area contributed by atoms with Crippen molar-refractivity contribution in [2.24, 2.45) is 0 Å². The van der Waals surface area contributed by atoms with Crippen molar-refractivity contribution in [1.82, 2.24) is 0 Å². The van der Waals surface area contributed by atoms with Crippen LogP contribution in [0, 0.1) is 11.3 Å². The summed E-state index contributed by atoms with van der Waals surface area (Å²) in [5, 5.41) is 10.1. The second-order valence-corrected chi connectivity index (χ2v) is 5.28. The molecule has 0 aliphatic heterocycles. The summed E-state index contributed by atoms with van der Waals surface area (Å²) in [6.07, 6.45) is 0. The fourth-order valence-electron chi connectivity index (χ4n) is 1.71. The molecule has 0 aromatic heterocycles. The summed E-state index contributed by atoms with van der Waals surface area (Å²) in [5.74, 6) is 0.951. The lowest BCUT2D eigenvalue weighted by molar-refractivity contribution is 0.284. The quantitative estimate of drug-likeness (QED) is 0.725. The van der Waals surface area contributed by atoms with Gasteiger partial charge in [-0.05, 0) is 24.3 Å². The first-order valence-corrected chi connectivity index (χ1v) is 7.03. The largest absolute Gasteiger partial charge is 0.493 e. The molecule has 108 valence electrons. The fourth-order valence-corrected chi connectivity index (χ4v) is 2.36. The van der Waals surface area contributed by atoms with Crippen LogP contribution in [0.1, 0.15) is 11.1 Å². The molecule has 0 heterocycles. The number of nitrogens with zero attached hydrogens (tertiary/aromatic N) is 1. The molecule has 6 heteroatoms. The minimum atomic E-state index is 0.139. The van der Waals surface area contributed by atoms with Crippen LogP contribution < -0.4 is 9.47 Å². The third-order valence-electron chi connectivity index (χ3n) is 2.80. The second kappa shape index (κ2) is 6.91. The van der Waals surface area contributed by atoms with Gasteiger partial charge in [-0.25, -0.2) is 0 Å². The normalized spacial score (nSPS) is 10.0. The first-order chi connectivity index (χ1) is 10.1. The summed E-state index contributed by atoms with van der Waals surface area (Å²) in [6, 6.07) is 10.2. The number of rotatable bonds is 4. The van der Waals surface area contributed by atoms with Crippen LogP contribution in [0.2, 0.25) is 15.1 Å². The van der Waals surface area contributed by atoms with Gasteiger partial charge >= 0.3 is 0 Å². The fraction of sp³-hybridized carbons (Fsp3) is 0.133. The molecule has 0 spiro atoms. The van der Waals surface area contributed by atoms with E-state index in [9.17, 15) is 0 Å². The van der Waals surface area contributed by atoms with Crippen LogP contribution in [-0.4, -0.2) is 7.11 Å². The van der Waals surface area contributed by atoms with Gasteiger partial charge in [0.25, 0.3) is 0 Å². The zero-order chi connectivity index (χ0) is 15.4. The number of methoxy groups -OCH3 is 1. The molecule has 2 aromatic carbocycles. The lowest BCUT2D eigenvalue weighted by Crippen LogP contribution is -2.00. The SMILES string of the molecule is COc1cc(C#N)ccc1OCc1c(Cl)ccc(Cl)c1Cl. The molecule has 0 amide bonds. The summed E-state index contributed by atoms with van der Waals surface area (Å²) in [4.78, 5) is 0. The predicted molar refractivity (Wildman–Crippen MR) is 83.5 cm³/mol. The third kappa shape index (κ3) is 3.54. The number of hydrogen-bond donors (Lipinski definition) is 0. The summed E-state index contributed by atoms with van der Waals surface area (Å²) in [6.45, 7) is 0.139. The molecule has 3 nitrogen and oxygen atoms in total. The topological polar surface area (TPSA) is 42.2 Å². The van der Waals surface area contributed by atoms with Crippen LogP contribution in [0.15, 0.2) is 30.3 Å². The van der Waals surface area contributed by atoms with E-state index in [1.807, 2.05) is 6.07 Å². The van der Waals surface area contributed by atoms with Gasteiger partial charge in [0.1, 0.15) is 6.61 Å². The van der Waals surface area contributed by atoms with E-state index in [1.54, 1.807) is 30.3 Å². The molecular formula is C15H10Cl3NO2. The highest BCUT2D eigenvalue weighted by atomic mass is 35.5. The van der Waals surface area contributed by atoms with Crippen LogP contribution in [0.5, 0.6) is 11.5 Å². The van der Waals surface area contributed by atoms with Crippen molar-refractivity contribution in [2.45, 2.75) is 6.61 Å². The summed E-state index contributed by atoms with van der Waals surface area (Å²) < 4.78 is 10.9. The Balaban J connectivity index is 2.25. The van der Waals surface area contributed by atoms with Crippen molar-refractivity contribution in [3.05, 3.63) is 56.5 Å². The lowest BCUT2D eigenvalue weighted by atomic mass is 10.2. The van der Waals surface area contributed by atoms with E-state index >= 15 is 0 Å². The molecule has 0 saturated heterocycles. The Morgan fingerprint density at radius 3 is 2.43 bits per heavy atom. The van der Waals surface area contributed by atoms with Gasteiger partial charge in [0.15, 0.2) is 11.5 Å². The average Bonchev–Trinajstić information content (AvgIpc) is 2.51. The standard InChI is InChI=1S/C15H10Cl3NO2/c1-20-14-6-9(7-19)2-5-13(14)21-8-10-11(16)3-4-12(17)15(10)18/h2-6H,8H2,1H3. The van der Waals surface area contributed by atoms with E-state index in [0.29, 0.717) is 37.7 Å². The molecule has 0 atom stereocenters. The van der Waals surface area contributed by atoms with Gasteiger partial charge in [-0.2, -0.15) is 5.26 Å². The number of ether oxygens (including phenoxy) is 2. The second-order valence-electron chi connectivity index (χ2n) is 4.09. The van der Waals surface area contributed by atoms with Crippen molar-refractivity contribution in [2.75, 3.05) is 7.11 Å². The summed E-state index contributed by atoms with van der Waals surface area (Å²) in [7, 11) is 1.50. The zero-order valence-electron chi connectivity index (χ0n) is 11.0. The monoisotopic (exact) mass is 341 g/mol. The van der Waals surface area contributed by atoms with E-state index < -0.39 is 0 Å². The lowest BCUT2D eigenvalue weighted by Gasteiger charge is -2.13. The Hall–Kier alpha value is -1.60. The van der Waals surface area contributed by atoms with Gasteiger partial charge < -0.3 is 9.47 Å². The third-order valence-corrected chi connectivity index (χ3v) is 4.00. The summed E-state index contributed by atoms with van der Waals surface area (Å²) >= 11 is 18.2. The first-order valence-electron chi connectivity index (χ1n) is 5.90. The molecule has 0 fully saturated rings. The summed E-state index contributed by atoms with van der Waals surface area (Å²) in [5.41, 5.74) is 1.08. The molecule has 0 aliphatic rings. The molecule has 21 heavy (non-hydrogen) atoms. The molecule has 0 bridgehead atoms. The highest BCUT2D eigenvalue weighted by Gasteiger charge is 2.12. The molecule has 0 aliphatic carbocycles. The van der Waals surface area contributed by atoms with E-state index in [1.165, 1.54) is 7.11 Å². The van der Waals surface area contributed by atoms with Gasteiger partial charge in [0, 0.05) is 16.7 Å². The van der Waals surface area contributed by atoms with Crippen LogP contribution in [0.3, 0.4) is 0 Å². The van der Waals surface area contributed by atoms with E-state index in [2.05, 4.69) is 0 Å². The van der Waals surface area contributed by atoms with Gasteiger partial charge in [-0.15, -0.1) is 0 Å². The van der Waals surface area contributed by atoms with Crippen LogP contribution in [0.25, 0.3) is 0 Å². The van der Waals surface area contributed by atoms with Gasteiger partial charge in [-0.3, -0.25) is 0 Å². The van der Waals surface area contributed by atoms with Crippen LogP contribution in [-0.2, 0) is 6.61 Å². The minimum absolute atomic E-state index is 0.139. The molecule has 0 saturated carbocycles. The number of benzene rings is 2. The van der Waals surface area contributed by atoms with E-state index in [-0.39, 0.29) is 6.61 Å². The average molecular weight is 343 g/mol. The number of halogens is 3. The van der Waals surface area contributed by atoms with Gasteiger partial charge in [0.2, 0.25) is 0 Å². The highest BCUT2D eigenvalue weighted by Crippen LogP contribution is 2.34. The van der Waals surface area contributed by atoms with Gasteiger partial charge in [-0.1, -0.05) is 34.8 Å². The van der Waals surface area contributed by atoms with E-state index in [4.69, 9.17) is 49.5 Å². The molecule has 0 unspecified atom stereocenters. The Morgan fingerprint density at radius 1 is 1.05 bits per heavy atom. The Labute approximate surface area is 137 Å². The van der Waals surface area contributed by atoms with Crippen molar-refractivity contribution in [3.63, 3.8) is 0 Å². The van der Waals surface area contributed by atoms with Crippen LogP contribution >= 0.6 is 34.8 Å². The highest BCUT2D eigenvalue weighted by molar-refractivity contribution is 6.44. The Morgan fingerprint density at radius 2 is 1.76 bits per heavy atom. The maximum atomic E-state index is 8.86. The van der Waals surface area contributed by atoms with Crippen molar-refractivity contribution >= 4 is 34.8 Å². The molecule has 2 aromatic rings. The molecule has 2 rings (SSSR count). The first kappa shape index (κ1) is 15.8. The molecular weight excluding hydrogens is 333 g/mol. The Kier molecular flexibility index (Phi) is 5.19. The van der Waals surface area contributed by atoms with Gasteiger partial charge in [0.05, 0.1) is 28.8 Å². The Bertz CT molecular complexity index is 711. The molecule has 0 radical (unpaired) electrons. The van der Waals surface area contributed by atoms with Crippen LogP contribution in [0.4, 0.5) is 0 Å². The number of nitriles is 1. The minimum Gasteiger partial charge on any atom is -0.493 e.